The van der Waals surface area contributed by atoms with Crippen LogP contribution in [0.25, 0.3) is 10.6 Å². The van der Waals surface area contributed by atoms with Crippen molar-refractivity contribution in [1.29, 1.82) is 0 Å². The Labute approximate surface area is 147 Å². The minimum Gasteiger partial charge on any atom is -0.355 e. The molecule has 0 aliphatic carbocycles. The van der Waals surface area contributed by atoms with E-state index in [4.69, 9.17) is 16.1 Å². The first-order valence-corrected chi connectivity index (χ1v) is 9.46. The molecule has 5 nitrogen and oxygen atoms in total. The fraction of sp³-hybridized carbons (Fsp3) is 0.133. The zero-order valence-corrected chi connectivity index (χ0v) is 15.0. The van der Waals surface area contributed by atoms with Gasteiger partial charge in [0.05, 0.1) is 16.3 Å². The molecule has 2 aromatic heterocycles. The van der Waals surface area contributed by atoms with E-state index in [1.807, 2.05) is 0 Å². The van der Waals surface area contributed by atoms with Crippen molar-refractivity contribution >= 4 is 38.6 Å². The molecule has 0 aliphatic rings. The quantitative estimate of drug-likeness (QED) is 0.710. The van der Waals surface area contributed by atoms with Gasteiger partial charge in [0, 0.05) is 16.0 Å². The Bertz CT molecular complexity index is 1010. The van der Waals surface area contributed by atoms with Gasteiger partial charge in [-0.05, 0) is 38.1 Å². The summed E-state index contributed by atoms with van der Waals surface area (Å²) in [5.74, 6) is -0.259. The third-order valence-corrected chi connectivity index (χ3v) is 6.13. The molecular formula is C15H12ClFN2O3S2. The fourth-order valence-electron chi connectivity index (χ4n) is 2.11. The molecule has 3 aromatic rings. The smallest absolute Gasteiger partial charge is 0.263 e. The van der Waals surface area contributed by atoms with Crippen molar-refractivity contribution in [2.75, 3.05) is 4.72 Å². The number of nitrogens with one attached hydrogen (secondary N) is 1. The number of rotatable bonds is 4. The third-order valence-electron chi connectivity index (χ3n) is 3.21. The van der Waals surface area contributed by atoms with Crippen molar-refractivity contribution in [1.82, 2.24) is 5.16 Å². The SMILES string of the molecule is Cc1cc(-c2cc(S(=O)(=O)Nc3ccc(Cl)cc3F)c(C)s2)on1. The first-order valence-electron chi connectivity index (χ1n) is 6.78. The fourth-order valence-corrected chi connectivity index (χ4v) is 4.87. The van der Waals surface area contributed by atoms with Crippen molar-refractivity contribution in [3.8, 4) is 10.6 Å². The van der Waals surface area contributed by atoms with Crippen LogP contribution in [0.5, 0.6) is 0 Å². The van der Waals surface area contributed by atoms with Gasteiger partial charge in [-0.25, -0.2) is 12.8 Å². The van der Waals surface area contributed by atoms with Crippen LogP contribution < -0.4 is 4.72 Å². The number of hydrogen-bond donors (Lipinski definition) is 1. The van der Waals surface area contributed by atoms with E-state index in [-0.39, 0.29) is 15.6 Å². The van der Waals surface area contributed by atoms with Crippen molar-refractivity contribution in [2.24, 2.45) is 0 Å². The molecule has 0 spiro atoms. The Hall–Kier alpha value is -1.90. The summed E-state index contributed by atoms with van der Waals surface area (Å²) in [4.78, 5) is 1.25. The lowest BCUT2D eigenvalue weighted by atomic mass is 10.3. The Morgan fingerprint density at radius 2 is 2.00 bits per heavy atom. The maximum absolute atomic E-state index is 13.8. The summed E-state index contributed by atoms with van der Waals surface area (Å²) in [6.07, 6.45) is 0. The van der Waals surface area contributed by atoms with Crippen LogP contribution in [0.15, 0.2) is 39.8 Å². The largest absolute Gasteiger partial charge is 0.355 e. The van der Waals surface area contributed by atoms with Gasteiger partial charge in [-0.15, -0.1) is 11.3 Å². The van der Waals surface area contributed by atoms with Crippen LogP contribution in [0.2, 0.25) is 5.02 Å². The van der Waals surface area contributed by atoms with Gasteiger partial charge >= 0.3 is 0 Å². The van der Waals surface area contributed by atoms with Crippen LogP contribution in [0.1, 0.15) is 10.6 Å². The van der Waals surface area contributed by atoms with Crippen LogP contribution in [-0.2, 0) is 10.0 Å². The van der Waals surface area contributed by atoms with E-state index in [0.29, 0.717) is 21.2 Å². The number of halogens is 2. The normalized spacial score (nSPS) is 11.7. The maximum atomic E-state index is 13.8. The van der Waals surface area contributed by atoms with Crippen LogP contribution in [0, 0.1) is 19.7 Å². The molecule has 3 rings (SSSR count). The summed E-state index contributed by atoms with van der Waals surface area (Å²) in [6, 6.07) is 6.93. The summed E-state index contributed by atoms with van der Waals surface area (Å²) in [7, 11) is -3.94. The molecule has 1 aromatic carbocycles. The van der Waals surface area contributed by atoms with E-state index in [0.717, 1.165) is 6.07 Å². The maximum Gasteiger partial charge on any atom is 0.263 e. The molecule has 9 heteroatoms. The average Bonchev–Trinajstić information content (AvgIpc) is 3.08. The number of nitrogens with zero attached hydrogens (tertiary/aromatic N) is 1. The van der Waals surface area contributed by atoms with Crippen molar-refractivity contribution in [3.63, 3.8) is 0 Å². The van der Waals surface area contributed by atoms with Crippen LogP contribution in [0.4, 0.5) is 10.1 Å². The molecule has 0 bridgehead atoms. The van der Waals surface area contributed by atoms with Gasteiger partial charge in [-0.2, -0.15) is 0 Å². The zero-order valence-electron chi connectivity index (χ0n) is 12.6. The topological polar surface area (TPSA) is 72.2 Å². The second-order valence-corrected chi connectivity index (χ2v) is 8.44. The second-order valence-electron chi connectivity index (χ2n) is 5.09. The number of thiophene rings is 1. The zero-order chi connectivity index (χ0) is 17.5. The molecule has 126 valence electrons. The number of aryl methyl sites for hydroxylation is 2. The van der Waals surface area contributed by atoms with E-state index in [9.17, 15) is 12.8 Å². The van der Waals surface area contributed by atoms with Gasteiger partial charge in [-0.3, -0.25) is 4.72 Å². The lowest BCUT2D eigenvalue weighted by Crippen LogP contribution is -2.14. The molecule has 0 amide bonds. The molecule has 2 heterocycles. The minimum absolute atomic E-state index is 0.0610. The highest BCUT2D eigenvalue weighted by molar-refractivity contribution is 7.93. The number of sulfonamides is 1. The summed E-state index contributed by atoms with van der Waals surface area (Å²) >= 11 is 6.93. The highest BCUT2D eigenvalue weighted by atomic mass is 35.5. The molecule has 0 unspecified atom stereocenters. The summed E-state index contributed by atoms with van der Waals surface area (Å²) in [5, 5.41) is 3.97. The van der Waals surface area contributed by atoms with E-state index in [1.165, 1.54) is 29.5 Å². The van der Waals surface area contributed by atoms with Gasteiger partial charge in [0.1, 0.15) is 10.7 Å². The first-order chi connectivity index (χ1) is 11.3. The number of aromatic nitrogens is 1. The number of anilines is 1. The highest BCUT2D eigenvalue weighted by Gasteiger charge is 2.23. The van der Waals surface area contributed by atoms with E-state index >= 15 is 0 Å². The molecule has 0 radical (unpaired) electrons. The summed E-state index contributed by atoms with van der Waals surface area (Å²) < 4.78 is 46.3. The Kier molecular flexibility index (Phi) is 4.37. The average molecular weight is 387 g/mol. The molecule has 0 saturated heterocycles. The van der Waals surface area contributed by atoms with Gasteiger partial charge in [0.2, 0.25) is 0 Å². The Morgan fingerprint density at radius 3 is 2.62 bits per heavy atom. The lowest BCUT2D eigenvalue weighted by Gasteiger charge is -2.08. The predicted molar refractivity (Wildman–Crippen MR) is 91.5 cm³/mol. The predicted octanol–water partition coefficient (Wildman–Crippen LogP) is 4.61. The minimum atomic E-state index is -3.94. The standard InChI is InChI=1S/C15H12ClFN2O3S2/c1-8-5-13(22-18-8)14-7-15(9(2)23-14)24(20,21)19-12-4-3-10(16)6-11(12)17/h3-7,19H,1-2H3. The lowest BCUT2D eigenvalue weighted by molar-refractivity contribution is 0.428. The molecular weight excluding hydrogens is 375 g/mol. The van der Waals surface area contributed by atoms with Gasteiger partial charge in [0.25, 0.3) is 10.0 Å². The van der Waals surface area contributed by atoms with Gasteiger partial charge < -0.3 is 4.52 Å². The van der Waals surface area contributed by atoms with Crippen LogP contribution >= 0.6 is 22.9 Å². The third kappa shape index (κ3) is 3.31. The molecule has 0 aliphatic heterocycles. The second kappa shape index (κ2) is 6.19. The highest BCUT2D eigenvalue weighted by Crippen LogP contribution is 2.35. The van der Waals surface area contributed by atoms with E-state index < -0.39 is 15.8 Å². The van der Waals surface area contributed by atoms with Crippen molar-refractivity contribution < 1.29 is 17.3 Å². The monoisotopic (exact) mass is 386 g/mol. The van der Waals surface area contributed by atoms with E-state index in [2.05, 4.69) is 9.88 Å². The molecule has 24 heavy (non-hydrogen) atoms. The molecule has 1 N–H and O–H groups in total. The van der Waals surface area contributed by atoms with Crippen molar-refractivity contribution in [3.05, 3.63) is 51.7 Å². The molecule has 0 saturated carbocycles. The first kappa shape index (κ1) is 16.9. The number of hydrogen-bond acceptors (Lipinski definition) is 5. The van der Waals surface area contributed by atoms with Crippen LogP contribution in [-0.4, -0.2) is 13.6 Å². The van der Waals surface area contributed by atoms with Gasteiger partial charge in [-0.1, -0.05) is 16.8 Å². The molecule has 0 atom stereocenters. The summed E-state index contributed by atoms with van der Waals surface area (Å²) in [6.45, 7) is 3.44. The molecule has 0 fully saturated rings. The Balaban J connectivity index is 1.96. The Morgan fingerprint density at radius 1 is 1.25 bits per heavy atom. The van der Waals surface area contributed by atoms with Crippen molar-refractivity contribution in [2.45, 2.75) is 18.7 Å². The van der Waals surface area contributed by atoms with Gasteiger partial charge in [0.15, 0.2) is 5.76 Å². The van der Waals surface area contributed by atoms with Crippen LogP contribution in [0.3, 0.4) is 0 Å². The summed E-state index contributed by atoms with van der Waals surface area (Å²) in [5.41, 5.74) is 0.531. The number of benzene rings is 1. The van der Waals surface area contributed by atoms with E-state index in [1.54, 1.807) is 19.9 Å².